The third-order valence-corrected chi connectivity index (χ3v) is 11.6. The topological polar surface area (TPSA) is 111 Å². The number of anilines is 2. The van der Waals surface area contributed by atoms with Crippen molar-refractivity contribution in [1.29, 1.82) is 0 Å². The largest absolute Gasteiger partial charge is 0.508 e. The van der Waals surface area contributed by atoms with E-state index in [1.165, 1.54) is 37.4 Å². The highest BCUT2D eigenvalue weighted by atomic mass is 35.5. The van der Waals surface area contributed by atoms with E-state index in [1.807, 2.05) is 0 Å². The number of aromatic nitrogens is 1. The molecule has 3 heterocycles. The van der Waals surface area contributed by atoms with Gasteiger partial charge in [0.2, 0.25) is 0 Å². The molecule has 3 aromatic rings. The molecule has 1 N–H and O–H groups in total. The maximum absolute atomic E-state index is 14.4. The van der Waals surface area contributed by atoms with Gasteiger partial charge in [-0.25, -0.2) is 14.3 Å². The summed E-state index contributed by atoms with van der Waals surface area (Å²) in [7, 11) is 1.17. The number of phenols is 1. The van der Waals surface area contributed by atoms with Crippen molar-refractivity contribution in [3.8, 4) is 5.75 Å². The Morgan fingerprint density at radius 1 is 0.939 bits per heavy atom. The molecule has 4 aliphatic rings. The molecule has 16 heteroatoms. The van der Waals surface area contributed by atoms with E-state index < -0.39 is 87.0 Å². The van der Waals surface area contributed by atoms with Gasteiger partial charge < -0.3 is 5.11 Å². The van der Waals surface area contributed by atoms with Crippen molar-refractivity contribution in [1.82, 2.24) is 9.99 Å². The number of fused-ring (bicyclic) bond motifs is 4. The highest BCUT2D eigenvalue weighted by molar-refractivity contribution is 6.58. The summed E-state index contributed by atoms with van der Waals surface area (Å²) in [5.74, 6) is -9.41. The number of pyridine rings is 1. The maximum Gasteiger partial charge on any atom is 0.433 e. The molecule has 0 bridgehead atoms. The van der Waals surface area contributed by atoms with Gasteiger partial charge in [-0.2, -0.15) is 18.2 Å². The van der Waals surface area contributed by atoms with Crippen molar-refractivity contribution in [2.24, 2.45) is 17.8 Å². The third-order valence-electron chi connectivity index (χ3n) is 9.84. The number of hydrogen-bond donors (Lipinski definition) is 1. The normalized spacial score (nSPS) is 29.5. The predicted molar refractivity (Wildman–Crippen MR) is 169 cm³/mol. The Morgan fingerprint density at radius 3 is 2.27 bits per heavy atom. The second-order valence-corrected chi connectivity index (χ2v) is 14.0. The van der Waals surface area contributed by atoms with E-state index >= 15 is 0 Å². The van der Waals surface area contributed by atoms with Gasteiger partial charge in [-0.05, 0) is 61.2 Å². The number of allylic oxidation sites excluding steroid dienone is 2. The van der Waals surface area contributed by atoms with Crippen LogP contribution in [0, 0.1) is 23.6 Å². The minimum atomic E-state index is -4.85. The lowest BCUT2D eigenvalue weighted by Crippen LogP contribution is -2.60. The Kier molecular flexibility index (Phi) is 7.58. The van der Waals surface area contributed by atoms with Gasteiger partial charge in [-0.15, -0.1) is 23.2 Å². The summed E-state index contributed by atoms with van der Waals surface area (Å²) in [5, 5.41) is 12.3. The van der Waals surface area contributed by atoms with Crippen LogP contribution in [0.5, 0.6) is 5.75 Å². The van der Waals surface area contributed by atoms with Crippen LogP contribution < -0.4 is 9.91 Å². The average molecular weight is 738 g/mol. The Morgan fingerprint density at radius 2 is 1.61 bits per heavy atom. The first-order valence-electron chi connectivity index (χ1n) is 14.9. The van der Waals surface area contributed by atoms with Crippen LogP contribution in [0.2, 0.25) is 5.02 Å². The van der Waals surface area contributed by atoms with Crippen LogP contribution in [0.15, 0.2) is 72.3 Å². The number of hydrazine groups is 1. The third kappa shape index (κ3) is 4.61. The molecular weight excluding hydrogens is 715 g/mol. The summed E-state index contributed by atoms with van der Waals surface area (Å²) in [6.07, 6.45) is -3.67. The molecule has 9 nitrogen and oxygen atoms in total. The van der Waals surface area contributed by atoms with Gasteiger partial charge in [0.25, 0.3) is 23.6 Å². The van der Waals surface area contributed by atoms with E-state index in [2.05, 4.69) is 4.98 Å². The van der Waals surface area contributed by atoms with E-state index in [0.717, 1.165) is 28.1 Å². The molecule has 0 spiro atoms. The van der Waals surface area contributed by atoms with E-state index in [9.17, 15) is 41.8 Å². The Bertz CT molecular complexity index is 2000. The van der Waals surface area contributed by atoms with Crippen molar-refractivity contribution in [3.63, 3.8) is 0 Å². The zero-order chi connectivity index (χ0) is 35.4. The number of benzene rings is 2. The van der Waals surface area contributed by atoms with Crippen molar-refractivity contribution >= 4 is 69.9 Å². The SMILES string of the molecule is CN(c1nc(C(F)(F)F)ccc1Cl)N1C(=O)[C@H]2[C@H](CC=C3[C@H]2C[C@@]2(Cl)C(=O)N(c4ccc(F)cc4)C(=O)[C@@]2(Cl)[C@H]3c2ccccc2O)C1=O. The second-order valence-electron chi connectivity index (χ2n) is 12.3. The number of carbonyl (C=O) groups excluding carboxylic acids is 4. The van der Waals surface area contributed by atoms with Gasteiger partial charge in [-0.3, -0.25) is 24.2 Å². The fourth-order valence-corrected chi connectivity index (χ4v) is 8.82. The van der Waals surface area contributed by atoms with Crippen LogP contribution in [0.1, 0.15) is 30.0 Å². The zero-order valence-electron chi connectivity index (χ0n) is 25.1. The van der Waals surface area contributed by atoms with Crippen molar-refractivity contribution in [2.45, 2.75) is 34.7 Å². The highest BCUT2D eigenvalue weighted by Crippen LogP contribution is 2.66. The molecule has 254 valence electrons. The fourth-order valence-electron chi connectivity index (χ4n) is 7.67. The molecule has 2 saturated heterocycles. The second kappa shape index (κ2) is 11.2. The Hall–Kier alpha value is -4.20. The predicted octanol–water partition coefficient (Wildman–Crippen LogP) is 6.21. The minimum Gasteiger partial charge on any atom is -0.508 e. The molecule has 2 aromatic carbocycles. The van der Waals surface area contributed by atoms with Crippen LogP contribution >= 0.6 is 34.8 Å². The maximum atomic E-state index is 14.4. The van der Waals surface area contributed by atoms with E-state index in [0.29, 0.717) is 16.6 Å². The zero-order valence-corrected chi connectivity index (χ0v) is 27.4. The number of aromatic hydroxyl groups is 1. The van der Waals surface area contributed by atoms with Gasteiger partial charge in [0, 0.05) is 18.5 Å². The minimum absolute atomic E-state index is 0.0119. The molecule has 1 aromatic heterocycles. The van der Waals surface area contributed by atoms with Crippen LogP contribution in [0.25, 0.3) is 0 Å². The Balaban J connectivity index is 1.35. The van der Waals surface area contributed by atoms with Crippen LogP contribution in [-0.2, 0) is 25.4 Å². The molecule has 2 aliphatic heterocycles. The molecule has 1 saturated carbocycles. The van der Waals surface area contributed by atoms with E-state index in [-0.39, 0.29) is 28.4 Å². The number of hydrogen-bond acceptors (Lipinski definition) is 7. The van der Waals surface area contributed by atoms with Crippen molar-refractivity contribution in [2.75, 3.05) is 17.0 Å². The smallest absolute Gasteiger partial charge is 0.433 e. The number of phenolic OH excluding ortho intramolecular Hbond substituents is 1. The van der Waals surface area contributed by atoms with Crippen LogP contribution in [-0.4, -0.2) is 55.5 Å². The molecule has 4 amide bonds. The molecule has 2 aliphatic carbocycles. The number of carbonyl (C=O) groups is 4. The summed E-state index contributed by atoms with van der Waals surface area (Å²) in [5.41, 5.74) is -0.807. The standard InChI is InChI=1S/C33H23Cl3F4N4O5/c1-42(26-21(34)12-13-23(41-26)33(38,39)40)44-27(46)19-11-10-17-20(24(19)28(44)47)14-31(35)29(48)43(16-8-6-15(37)7-9-16)30(49)32(31,36)25(17)18-4-2-3-5-22(18)45/h2-10,12-13,19-20,24-25,45H,11,14H2,1H3/t19-,20+,24-,25+,31+,32-/m0/s1. The molecular formula is C33H23Cl3F4N4O5. The summed E-state index contributed by atoms with van der Waals surface area (Å²) >= 11 is 20.7. The van der Waals surface area contributed by atoms with E-state index in [4.69, 9.17) is 34.8 Å². The summed E-state index contributed by atoms with van der Waals surface area (Å²) in [6.45, 7) is 0. The quantitative estimate of drug-likeness (QED) is 0.147. The first-order chi connectivity index (χ1) is 23.0. The fraction of sp³-hybridized carbons (Fsp3) is 0.303. The van der Waals surface area contributed by atoms with Crippen molar-refractivity contribution < 1.29 is 41.8 Å². The van der Waals surface area contributed by atoms with Crippen molar-refractivity contribution in [3.05, 3.63) is 94.4 Å². The molecule has 3 fully saturated rings. The lowest BCUT2D eigenvalue weighted by molar-refractivity contribution is -0.141. The summed E-state index contributed by atoms with van der Waals surface area (Å²) < 4.78 is 54.4. The first-order valence-corrected chi connectivity index (χ1v) is 16.0. The number of nitrogens with zero attached hydrogens (tertiary/aromatic N) is 4. The lowest BCUT2D eigenvalue weighted by atomic mass is 9.56. The number of rotatable bonds is 4. The lowest BCUT2D eigenvalue weighted by Gasteiger charge is -2.50. The monoisotopic (exact) mass is 736 g/mol. The molecule has 0 radical (unpaired) electrons. The molecule has 6 atom stereocenters. The van der Waals surface area contributed by atoms with Gasteiger partial charge >= 0.3 is 6.18 Å². The van der Waals surface area contributed by atoms with E-state index in [1.54, 1.807) is 12.1 Å². The average Bonchev–Trinajstić information content (AvgIpc) is 3.39. The molecule has 49 heavy (non-hydrogen) atoms. The summed E-state index contributed by atoms with van der Waals surface area (Å²) in [6, 6.07) is 12.1. The molecule has 7 rings (SSSR count). The first kappa shape index (κ1) is 33.3. The Labute approximate surface area is 290 Å². The highest BCUT2D eigenvalue weighted by Gasteiger charge is 2.77. The van der Waals surface area contributed by atoms with Gasteiger partial charge in [0.05, 0.1) is 22.5 Å². The number of imide groups is 2. The van der Waals surface area contributed by atoms with Gasteiger partial charge in [0.1, 0.15) is 17.3 Å². The van der Waals surface area contributed by atoms with Crippen LogP contribution in [0.4, 0.5) is 29.1 Å². The van der Waals surface area contributed by atoms with Gasteiger partial charge in [0.15, 0.2) is 15.6 Å². The number of amides is 4. The number of halogens is 7. The van der Waals surface area contributed by atoms with Crippen LogP contribution in [0.3, 0.4) is 0 Å². The summed E-state index contributed by atoms with van der Waals surface area (Å²) in [4.78, 5) is 56.6. The number of alkyl halides is 5. The molecule has 0 unspecified atom stereocenters. The number of para-hydroxylation sites is 1. The van der Waals surface area contributed by atoms with Gasteiger partial charge in [-0.1, -0.05) is 41.4 Å².